The Bertz CT molecular complexity index is 2010. The van der Waals surface area contributed by atoms with Gasteiger partial charge in [0.1, 0.15) is 26.6 Å². The van der Waals surface area contributed by atoms with Crippen LogP contribution in [0.3, 0.4) is 0 Å². The molecule has 3 aromatic rings. The van der Waals surface area contributed by atoms with E-state index in [2.05, 4.69) is 15.6 Å². The fourth-order valence-corrected chi connectivity index (χ4v) is 4.78. The molecule has 41 heavy (non-hydrogen) atoms. The van der Waals surface area contributed by atoms with E-state index in [1.165, 1.54) is 7.11 Å². The number of aromatic carboxylic acids is 1. The number of benzene rings is 3. The highest BCUT2D eigenvalue weighted by Crippen LogP contribution is 2.33. The van der Waals surface area contributed by atoms with Gasteiger partial charge in [0, 0.05) is 12.1 Å². The summed E-state index contributed by atoms with van der Waals surface area (Å²) in [5, 5.41) is 15.2. The van der Waals surface area contributed by atoms with Crippen LogP contribution in [0.2, 0.25) is 0 Å². The fraction of sp³-hybridized carbons (Fsp3) is 0.174. The highest BCUT2D eigenvalue weighted by Gasteiger charge is 2.25. The molecule has 0 aliphatic rings. The second-order valence-electron chi connectivity index (χ2n) is 8.29. The summed E-state index contributed by atoms with van der Waals surface area (Å²) in [6, 6.07) is 4.88. The average molecular weight is 611 g/mol. The van der Waals surface area contributed by atoms with Gasteiger partial charge in [-0.2, -0.15) is 27.0 Å². The van der Waals surface area contributed by atoms with Crippen molar-refractivity contribution in [3.63, 3.8) is 0 Å². The molecule has 0 aromatic heterocycles. The zero-order valence-corrected chi connectivity index (χ0v) is 23.2. The van der Waals surface area contributed by atoms with E-state index >= 15 is 0 Å². The Labute approximate surface area is 231 Å². The van der Waals surface area contributed by atoms with Gasteiger partial charge >= 0.3 is 5.97 Å². The normalized spacial score (nSPS) is 12.7. The summed E-state index contributed by atoms with van der Waals surface area (Å²) in [4.78, 5) is 35.6. The summed E-state index contributed by atoms with van der Waals surface area (Å²) in [5.41, 5.74) is 2.32. The molecular weight excluding hydrogens is 588 g/mol. The number of anilines is 2. The topological polar surface area (TPSA) is 247 Å². The second-order valence-corrected chi connectivity index (χ2v) is 11.1. The number of carboxylic acids is 1. The van der Waals surface area contributed by atoms with E-state index in [1.807, 2.05) is 12.3 Å². The lowest BCUT2D eigenvalue weighted by Crippen LogP contribution is -2.50. The third-order valence-corrected chi connectivity index (χ3v) is 7.41. The van der Waals surface area contributed by atoms with Crippen LogP contribution < -0.4 is 41.9 Å². The van der Waals surface area contributed by atoms with Gasteiger partial charge in [-0.1, -0.05) is 0 Å². The molecule has 0 saturated carbocycles. The van der Waals surface area contributed by atoms with Crippen LogP contribution in [0.15, 0.2) is 59.9 Å². The first-order chi connectivity index (χ1) is 19.0. The molecular formula is C23H22N4O12S2. The van der Waals surface area contributed by atoms with E-state index in [4.69, 9.17) is 9.47 Å². The average Bonchev–Trinajstić information content (AvgIpc) is 2.87. The molecule has 0 aliphatic carbocycles. The molecule has 218 valence electrons. The molecule has 0 spiro atoms. The fourth-order valence-electron chi connectivity index (χ4n) is 3.48. The molecule has 0 amide bonds. The van der Waals surface area contributed by atoms with E-state index < -0.39 is 74.6 Å². The van der Waals surface area contributed by atoms with Gasteiger partial charge in [0.2, 0.25) is 10.9 Å². The Morgan fingerprint density at radius 2 is 1.29 bits per heavy atom. The number of methoxy groups -OCH3 is 2. The van der Waals surface area contributed by atoms with Crippen LogP contribution in [-0.4, -0.2) is 51.2 Å². The highest BCUT2D eigenvalue weighted by atomic mass is 32.2. The third-order valence-electron chi connectivity index (χ3n) is 5.64. The molecule has 0 unspecified atom stereocenters. The van der Waals surface area contributed by atoms with Gasteiger partial charge in [0.15, 0.2) is 5.36 Å². The number of hydrogen-bond donors (Lipinski definition) is 5. The molecule has 16 nitrogen and oxygen atoms in total. The lowest BCUT2D eigenvalue weighted by atomic mass is 10.1. The van der Waals surface area contributed by atoms with Gasteiger partial charge in [0.05, 0.1) is 31.2 Å². The quantitative estimate of drug-likeness (QED) is 0.158. The van der Waals surface area contributed by atoms with Crippen molar-refractivity contribution in [2.75, 3.05) is 25.1 Å². The van der Waals surface area contributed by atoms with Crippen LogP contribution >= 0.6 is 0 Å². The summed E-state index contributed by atoms with van der Waals surface area (Å²) < 4.78 is 76.4. The summed E-state index contributed by atoms with van der Waals surface area (Å²) in [7, 11) is -7.76. The zero-order valence-electron chi connectivity index (χ0n) is 21.6. The monoisotopic (exact) mass is 610 g/mol. The molecule has 3 aromatic carbocycles. The summed E-state index contributed by atoms with van der Waals surface area (Å²) in [5.74, 6) is -2.03. The highest BCUT2D eigenvalue weighted by molar-refractivity contribution is 7.86. The molecule has 18 heteroatoms. The van der Waals surface area contributed by atoms with E-state index in [0.717, 1.165) is 18.2 Å². The van der Waals surface area contributed by atoms with E-state index in [1.54, 1.807) is 19.1 Å². The molecule has 3 rings (SSSR count). The predicted octanol–water partition coefficient (Wildman–Crippen LogP) is -0.0362. The number of ether oxygens (including phenoxy) is 2. The molecule has 0 fully saturated rings. The van der Waals surface area contributed by atoms with Gasteiger partial charge in [0.25, 0.3) is 20.2 Å². The van der Waals surface area contributed by atoms with E-state index in [9.17, 15) is 45.4 Å². The van der Waals surface area contributed by atoms with Crippen molar-refractivity contribution in [3.8, 4) is 11.5 Å². The Morgan fingerprint density at radius 1 is 0.756 bits per heavy atom. The largest absolute Gasteiger partial charge is 0.495 e. The Balaban J connectivity index is 2.28. The SMILES string of the molecule is COc1cc(C)c(C)cc1N/N=c1/c(C(=O)O)cc(=O)/c(=N\Nc2cc(S(=O)(=O)O)c(OC)cc2S(=O)(=O)O)c1=O. The summed E-state index contributed by atoms with van der Waals surface area (Å²) in [6.45, 7) is 3.60. The maximum atomic E-state index is 13.2. The third kappa shape index (κ3) is 6.57. The van der Waals surface area contributed by atoms with Crippen molar-refractivity contribution >= 4 is 37.6 Å². The Hall–Kier alpha value is -4.65. The minimum absolute atomic E-state index is 0.253. The van der Waals surface area contributed by atoms with Crippen LogP contribution in [0.5, 0.6) is 11.5 Å². The first-order valence-electron chi connectivity index (χ1n) is 11.0. The van der Waals surface area contributed by atoms with Crippen molar-refractivity contribution < 1.29 is 45.3 Å². The molecule has 0 saturated heterocycles. The van der Waals surface area contributed by atoms with Crippen molar-refractivity contribution in [1.82, 2.24) is 0 Å². The van der Waals surface area contributed by atoms with Crippen LogP contribution in [-0.2, 0) is 20.2 Å². The van der Waals surface area contributed by atoms with Gasteiger partial charge in [-0.3, -0.25) is 29.5 Å². The first-order valence-corrected chi connectivity index (χ1v) is 13.9. The molecule has 0 heterocycles. The number of nitrogens with zero attached hydrogens (tertiary/aromatic N) is 2. The van der Waals surface area contributed by atoms with Crippen molar-refractivity contribution in [2.45, 2.75) is 23.6 Å². The van der Waals surface area contributed by atoms with Gasteiger partial charge in [-0.05, 0) is 43.2 Å². The van der Waals surface area contributed by atoms with Crippen molar-refractivity contribution in [1.29, 1.82) is 0 Å². The van der Waals surface area contributed by atoms with Crippen LogP contribution in [0.4, 0.5) is 11.4 Å². The molecule has 0 radical (unpaired) electrons. The van der Waals surface area contributed by atoms with Gasteiger partial charge in [-0.25, -0.2) is 4.79 Å². The number of carboxylic acid groups (broad SMARTS) is 1. The van der Waals surface area contributed by atoms with E-state index in [0.29, 0.717) is 23.9 Å². The summed E-state index contributed by atoms with van der Waals surface area (Å²) >= 11 is 0. The van der Waals surface area contributed by atoms with Crippen molar-refractivity contribution in [3.05, 3.63) is 78.2 Å². The lowest BCUT2D eigenvalue weighted by Gasteiger charge is -2.12. The van der Waals surface area contributed by atoms with Gasteiger partial charge < -0.3 is 14.6 Å². The zero-order chi connectivity index (χ0) is 30.9. The molecule has 0 atom stereocenters. The maximum Gasteiger partial charge on any atom is 0.338 e. The van der Waals surface area contributed by atoms with E-state index in [-0.39, 0.29) is 5.69 Å². The second kappa shape index (κ2) is 11.5. The number of carbonyl (C=O) groups is 1. The Kier molecular flexibility index (Phi) is 8.63. The smallest absolute Gasteiger partial charge is 0.338 e. The molecule has 5 N–H and O–H groups in total. The number of nitrogens with one attached hydrogen (secondary N) is 2. The predicted molar refractivity (Wildman–Crippen MR) is 142 cm³/mol. The number of hydrogen-bond acceptors (Lipinski definition) is 13. The molecule has 0 aliphatic heterocycles. The Morgan fingerprint density at radius 3 is 1.83 bits per heavy atom. The minimum Gasteiger partial charge on any atom is -0.495 e. The van der Waals surface area contributed by atoms with Crippen LogP contribution in [0, 0.1) is 13.8 Å². The minimum atomic E-state index is -5.08. The molecule has 0 bridgehead atoms. The maximum absolute atomic E-state index is 13.2. The van der Waals surface area contributed by atoms with Crippen LogP contribution in [0.1, 0.15) is 21.5 Å². The lowest BCUT2D eigenvalue weighted by molar-refractivity contribution is 0.0694. The number of aryl methyl sites for hydroxylation is 2. The summed E-state index contributed by atoms with van der Waals surface area (Å²) in [6.07, 6.45) is 0. The number of rotatable bonds is 9. The first kappa shape index (κ1) is 30.9. The van der Waals surface area contributed by atoms with Crippen molar-refractivity contribution in [2.24, 2.45) is 10.2 Å². The van der Waals surface area contributed by atoms with Crippen LogP contribution in [0.25, 0.3) is 0 Å². The van der Waals surface area contributed by atoms with Gasteiger partial charge in [-0.15, -0.1) is 0 Å². The standard InChI is InChI=1S/C23H22N4O12S2/c1-10-5-13(16(38-3)6-11(10)2)24-26-20-12(23(30)31)7-15(28)21(22(20)29)27-25-14-8-19(41(35,36)37)17(39-4)9-18(14)40(32,33)34/h5-9,24-25H,1-4H3,(H,30,31)(H,32,33,34)(H,35,36,37)/b26-20-,27-21+.